The van der Waals surface area contributed by atoms with Crippen molar-refractivity contribution in [2.24, 2.45) is 5.73 Å². The highest BCUT2D eigenvalue weighted by Crippen LogP contribution is 2.18. The van der Waals surface area contributed by atoms with Gasteiger partial charge in [0, 0.05) is 19.5 Å². The van der Waals surface area contributed by atoms with Crippen LogP contribution in [0.2, 0.25) is 0 Å². The molecule has 0 amide bonds. The van der Waals surface area contributed by atoms with E-state index in [0.717, 1.165) is 13.0 Å². The summed E-state index contributed by atoms with van der Waals surface area (Å²) in [5.74, 6) is 1.56. The molecule has 1 atom stereocenters. The SMILES string of the molecule is CCN(C)c1noc(C(C)CCN)n1. The molecule has 5 heteroatoms. The Morgan fingerprint density at radius 3 is 2.86 bits per heavy atom. The highest BCUT2D eigenvalue weighted by molar-refractivity contribution is 5.25. The molecule has 0 bridgehead atoms. The third kappa shape index (κ3) is 2.45. The quantitative estimate of drug-likeness (QED) is 0.763. The van der Waals surface area contributed by atoms with Crippen LogP contribution in [0.15, 0.2) is 4.52 Å². The number of nitrogens with zero attached hydrogens (tertiary/aromatic N) is 3. The van der Waals surface area contributed by atoms with Gasteiger partial charge in [-0.25, -0.2) is 0 Å². The van der Waals surface area contributed by atoms with Crippen molar-refractivity contribution < 1.29 is 4.52 Å². The molecule has 0 saturated carbocycles. The van der Waals surface area contributed by atoms with Crippen molar-refractivity contribution in [3.8, 4) is 0 Å². The van der Waals surface area contributed by atoms with Gasteiger partial charge in [0.25, 0.3) is 5.95 Å². The van der Waals surface area contributed by atoms with Gasteiger partial charge in [0.05, 0.1) is 0 Å². The van der Waals surface area contributed by atoms with Crippen molar-refractivity contribution in [1.82, 2.24) is 10.1 Å². The monoisotopic (exact) mass is 198 g/mol. The number of hydrogen-bond donors (Lipinski definition) is 1. The van der Waals surface area contributed by atoms with Gasteiger partial charge >= 0.3 is 0 Å². The molecule has 0 aromatic carbocycles. The van der Waals surface area contributed by atoms with Crippen molar-refractivity contribution in [1.29, 1.82) is 0 Å². The van der Waals surface area contributed by atoms with Gasteiger partial charge < -0.3 is 15.2 Å². The molecule has 2 N–H and O–H groups in total. The minimum absolute atomic E-state index is 0.242. The highest BCUT2D eigenvalue weighted by atomic mass is 16.5. The summed E-state index contributed by atoms with van der Waals surface area (Å²) in [7, 11) is 1.93. The maximum absolute atomic E-state index is 5.46. The summed E-state index contributed by atoms with van der Waals surface area (Å²) in [5, 5.41) is 3.89. The summed E-state index contributed by atoms with van der Waals surface area (Å²) in [5.41, 5.74) is 5.46. The maximum Gasteiger partial charge on any atom is 0.265 e. The molecule has 1 aromatic rings. The van der Waals surface area contributed by atoms with E-state index >= 15 is 0 Å². The third-order valence-electron chi connectivity index (χ3n) is 2.27. The van der Waals surface area contributed by atoms with E-state index in [4.69, 9.17) is 10.3 Å². The van der Waals surface area contributed by atoms with E-state index in [-0.39, 0.29) is 5.92 Å². The number of rotatable bonds is 5. The van der Waals surface area contributed by atoms with E-state index in [1.54, 1.807) is 0 Å². The first-order chi connectivity index (χ1) is 6.69. The summed E-state index contributed by atoms with van der Waals surface area (Å²) in [6.07, 6.45) is 0.872. The fraction of sp³-hybridized carbons (Fsp3) is 0.778. The Hall–Kier alpha value is -1.10. The van der Waals surface area contributed by atoms with Crippen LogP contribution in [0.25, 0.3) is 0 Å². The van der Waals surface area contributed by atoms with Crippen LogP contribution < -0.4 is 10.6 Å². The van der Waals surface area contributed by atoms with Gasteiger partial charge in [-0.15, -0.1) is 0 Å². The van der Waals surface area contributed by atoms with Crippen molar-refractivity contribution in [2.75, 3.05) is 25.0 Å². The Kier molecular flexibility index (Phi) is 3.88. The van der Waals surface area contributed by atoms with E-state index in [1.807, 2.05) is 25.8 Å². The molecule has 5 nitrogen and oxygen atoms in total. The lowest BCUT2D eigenvalue weighted by molar-refractivity contribution is 0.354. The largest absolute Gasteiger partial charge is 0.342 e. The van der Waals surface area contributed by atoms with E-state index in [1.165, 1.54) is 0 Å². The Bertz CT molecular complexity index is 274. The van der Waals surface area contributed by atoms with Gasteiger partial charge in [-0.05, 0) is 25.0 Å². The Balaban J connectivity index is 2.67. The molecule has 0 spiro atoms. The van der Waals surface area contributed by atoms with Crippen molar-refractivity contribution >= 4 is 5.95 Å². The molecule has 1 rings (SSSR count). The molecule has 80 valence electrons. The molecule has 0 fully saturated rings. The summed E-state index contributed by atoms with van der Waals surface area (Å²) in [6.45, 7) is 5.59. The smallest absolute Gasteiger partial charge is 0.265 e. The summed E-state index contributed by atoms with van der Waals surface area (Å²) >= 11 is 0. The molecule has 14 heavy (non-hydrogen) atoms. The zero-order valence-electron chi connectivity index (χ0n) is 9.03. The minimum atomic E-state index is 0.242. The zero-order valence-corrected chi connectivity index (χ0v) is 9.03. The molecule has 0 aliphatic carbocycles. The Labute approximate surface area is 84.3 Å². The van der Waals surface area contributed by atoms with Crippen LogP contribution in [-0.4, -0.2) is 30.3 Å². The van der Waals surface area contributed by atoms with Gasteiger partial charge in [-0.2, -0.15) is 4.98 Å². The van der Waals surface area contributed by atoms with Crippen LogP contribution in [-0.2, 0) is 0 Å². The molecule has 0 saturated heterocycles. The molecular formula is C9H18N4O. The second-order valence-electron chi connectivity index (χ2n) is 3.43. The zero-order chi connectivity index (χ0) is 10.6. The third-order valence-corrected chi connectivity index (χ3v) is 2.27. The first-order valence-electron chi connectivity index (χ1n) is 4.93. The van der Waals surface area contributed by atoms with Gasteiger partial charge in [-0.1, -0.05) is 6.92 Å². The van der Waals surface area contributed by atoms with E-state index in [2.05, 4.69) is 10.1 Å². The fourth-order valence-electron chi connectivity index (χ4n) is 1.10. The molecular weight excluding hydrogens is 180 g/mol. The van der Waals surface area contributed by atoms with E-state index < -0.39 is 0 Å². The lowest BCUT2D eigenvalue weighted by atomic mass is 10.1. The number of anilines is 1. The van der Waals surface area contributed by atoms with Crippen molar-refractivity contribution in [2.45, 2.75) is 26.2 Å². The van der Waals surface area contributed by atoms with Crippen LogP contribution in [0.1, 0.15) is 32.1 Å². The highest BCUT2D eigenvalue weighted by Gasteiger charge is 2.14. The summed E-state index contributed by atoms with van der Waals surface area (Å²) in [6, 6.07) is 0. The number of aromatic nitrogens is 2. The normalized spacial score (nSPS) is 12.9. The topological polar surface area (TPSA) is 68.2 Å². The standard InChI is InChI=1S/C9H18N4O/c1-4-13(3)9-11-8(14-12-9)7(2)5-6-10/h7H,4-6,10H2,1-3H3. The minimum Gasteiger partial charge on any atom is -0.342 e. The average Bonchev–Trinajstić information content (AvgIpc) is 2.66. The lowest BCUT2D eigenvalue weighted by Gasteiger charge is -2.09. The van der Waals surface area contributed by atoms with Crippen molar-refractivity contribution in [3.05, 3.63) is 5.89 Å². The second kappa shape index (κ2) is 4.95. The summed E-state index contributed by atoms with van der Waals surface area (Å²) < 4.78 is 5.14. The van der Waals surface area contributed by atoms with Crippen LogP contribution >= 0.6 is 0 Å². The Morgan fingerprint density at radius 1 is 1.57 bits per heavy atom. The Morgan fingerprint density at radius 2 is 2.29 bits per heavy atom. The molecule has 1 unspecified atom stereocenters. The second-order valence-corrected chi connectivity index (χ2v) is 3.43. The van der Waals surface area contributed by atoms with E-state index in [9.17, 15) is 0 Å². The predicted octanol–water partition coefficient (Wildman–Crippen LogP) is 0.978. The van der Waals surface area contributed by atoms with Crippen LogP contribution in [0, 0.1) is 0 Å². The number of hydrogen-bond acceptors (Lipinski definition) is 5. The predicted molar refractivity (Wildman–Crippen MR) is 55.3 cm³/mol. The molecule has 0 radical (unpaired) electrons. The van der Waals surface area contributed by atoms with Gasteiger partial charge in [0.15, 0.2) is 0 Å². The average molecular weight is 198 g/mol. The number of nitrogens with two attached hydrogens (primary N) is 1. The summed E-state index contributed by atoms with van der Waals surface area (Å²) in [4.78, 5) is 6.22. The van der Waals surface area contributed by atoms with E-state index in [0.29, 0.717) is 18.4 Å². The lowest BCUT2D eigenvalue weighted by Crippen LogP contribution is -2.17. The van der Waals surface area contributed by atoms with Crippen LogP contribution in [0.5, 0.6) is 0 Å². The maximum atomic E-state index is 5.46. The molecule has 1 aromatic heterocycles. The molecule has 1 heterocycles. The molecule has 0 aliphatic heterocycles. The first-order valence-corrected chi connectivity index (χ1v) is 4.93. The molecule has 0 aliphatic rings. The van der Waals surface area contributed by atoms with Crippen LogP contribution in [0.3, 0.4) is 0 Å². The van der Waals surface area contributed by atoms with Gasteiger partial charge in [0.2, 0.25) is 5.89 Å². The van der Waals surface area contributed by atoms with Crippen LogP contribution in [0.4, 0.5) is 5.95 Å². The van der Waals surface area contributed by atoms with Gasteiger partial charge in [0.1, 0.15) is 0 Å². The van der Waals surface area contributed by atoms with Crippen molar-refractivity contribution in [3.63, 3.8) is 0 Å². The first kappa shape index (κ1) is 11.0. The van der Waals surface area contributed by atoms with Gasteiger partial charge in [-0.3, -0.25) is 0 Å². The fourth-order valence-corrected chi connectivity index (χ4v) is 1.10.